The van der Waals surface area contributed by atoms with Crippen LogP contribution in [0.25, 0.3) is 10.8 Å². The Morgan fingerprint density at radius 2 is 1.55 bits per heavy atom. The summed E-state index contributed by atoms with van der Waals surface area (Å²) in [7, 11) is 0. The number of carbonyl (C=O) groups is 2. The van der Waals surface area contributed by atoms with Crippen LogP contribution >= 0.6 is 35.0 Å². The third-order valence-electron chi connectivity index (χ3n) is 5.02. The molecule has 0 saturated heterocycles. The van der Waals surface area contributed by atoms with Gasteiger partial charge in [-0.1, -0.05) is 59.6 Å². The molecule has 4 aromatic carbocycles. The third-order valence-corrected chi connectivity index (χ3v) is 6.95. The maximum Gasteiger partial charge on any atom is 0.255 e. The number of hydrogen-bond donors (Lipinski definition) is 2. The van der Waals surface area contributed by atoms with Crippen molar-refractivity contribution in [1.82, 2.24) is 0 Å². The van der Waals surface area contributed by atoms with Crippen molar-refractivity contribution in [2.24, 2.45) is 0 Å². The second-order valence-electron chi connectivity index (χ2n) is 7.39. The minimum absolute atomic E-state index is 0.174. The van der Waals surface area contributed by atoms with Gasteiger partial charge >= 0.3 is 0 Å². The number of hydrogen-bond acceptors (Lipinski definition) is 3. The van der Waals surface area contributed by atoms with E-state index in [2.05, 4.69) is 10.6 Å². The Morgan fingerprint density at radius 3 is 2.30 bits per heavy atom. The van der Waals surface area contributed by atoms with Crippen molar-refractivity contribution < 1.29 is 9.59 Å². The molecule has 0 aliphatic rings. The van der Waals surface area contributed by atoms with Crippen LogP contribution in [0.1, 0.15) is 17.3 Å². The summed E-state index contributed by atoms with van der Waals surface area (Å²) in [6, 6.07) is 26.0. The van der Waals surface area contributed by atoms with Gasteiger partial charge in [-0.05, 0) is 66.2 Å². The van der Waals surface area contributed by atoms with Crippen LogP contribution in [0.15, 0.2) is 89.8 Å². The molecule has 0 spiro atoms. The fourth-order valence-electron chi connectivity index (χ4n) is 3.24. The largest absolute Gasteiger partial charge is 0.324 e. The molecule has 4 rings (SSSR count). The molecule has 1 atom stereocenters. The standard InChI is InChI=1S/C26H20Cl2N2O2S/c1-16(25(31)30-23-8-4-7-22(27)24(23)28)33-21-13-11-20(12-14-21)29-26(32)19-10-9-17-5-2-3-6-18(17)15-19/h2-16H,1H3,(H,29,32)(H,30,31). The number of nitrogens with one attached hydrogen (secondary N) is 2. The van der Waals surface area contributed by atoms with Gasteiger partial charge in [0.25, 0.3) is 5.91 Å². The summed E-state index contributed by atoms with van der Waals surface area (Å²) in [6.45, 7) is 1.81. The molecule has 0 bridgehead atoms. The van der Waals surface area contributed by atoms with E-state index in [0.717, 1.165) is 15.7 Å². The van der Waals surface area contributed by atoms with Crippen molar-refractivity contribution in [2.45, 2.75) is 17.1 Å². The number of anilines is 2. The van der Waals surface area contributed by atoms with E-state index < -0.39 is 0 Å². The highest BCUT2D eigenvalue weighted by atomic mass is 35.5. The molecule has 0 saturated carbocycles. The molecule has 0 heterocycles. The van der Waals surface area contributed by atoms with Crippen LogP contribution in [0.5, 0.6) is 0 Å². The fourth-order valence-corrected chi connectivity index (χ4v) is 4.46. The molecule has 0 aliphatic carbocycles. The van der Waals surface area contributed by atoms with Gasteiger partial charge in [-0.3, -0.25) is 9.59 Å². The zero-order chi connectivity index (χ0) is 23.4. The zero-order valence-corrected chi connectivity index (χ0v) is 20.0. The quantitative estimate of drug-likeness (QED) is 0.272. The minimum Gasteiger partial charge on any atom is -0.324 e. The lowest BCUT2D eigenvalue weighted by Crippen LogP contribution is -2.22. The van der Waals surface area contributed by atoms with Crippen molar-refractivity contribution in [2.75, 3.05) is 10.6 Å². The van der Waals surface area contributed by atoms with Gasteiger partial charge in [0.15, 0.2) is 0 Å². The van der Waals surface area contributed by atoms with E-state index in [1.54, 1.807) is 18.2 Å². The molecule has 4 nitrogen and oxygen atoms in total. The predicted molar refractivity (Wildman–Crippen MR) is 139 cm³/mol. The molecule has 0 radical (unpaired) electrons. The first-order valence-corrected chi connectivity index (χ1v) is 11.9. The first kappa shape index (κ1) is 23.2. The van der Waals surface area contributed by atoms with E-state index in [0.29, 0.717) is 27.0 Å². The number of thioether (sulfide) groups is 1. The van der Waals surface area contributed by atoms with Crippen LogP contribution in [0.2, 0.25) is 10.0 Å². The molecular weight excluding hydrogens is 475 g/mol. The molecule has 166 valence electrons. The molecule has 33 heavy (non-hydrogen) atoms. The number of amides is 2. The van der Waals surface area contributed by atoms with E-state index >= 15 is 0 Å². The molecule has 0 fully saturated rings. The molecule has 1 unspecified atom stereocenters. The predicted octanol–water partition coefficient (Wildman–Crippen LogP) is 7.52. The third kappa shape index (κ3) is 5.69. The summed E-state index contributed by atoms with van der Waals surface area (Å²) in [4.78, 5) is 26.1. The van der Waals surface area contributed by atoms with Crippen molar-refractivity contribution in [3.63, 3.8) is 0 Å². The topological polar surface area (TPSA) is 58.2 Å². The van der Waals surface area contributed by atoms with Gasteiger partial charge in [-0.25, -0.2) is 0 Å². The molecular formula is C26H20Cl2N2O2S. The lowest BCUT2D eigenvalue weighted by molar-refractivity contribution is -0.115. The number of fused-ring (bicyclic) bond motifs is 1. The van der Waals surface area contributed by atoms with Gasteiger partial charge in [0.05, 0.1) is 21.0 Å². The highest BCUT2D eigenvalue weighted by Crippen LogP contribution is 2.31. The first-order chi connectivity index (χ1) is 15.9. The number of carbonyl (C=O) groups excluding carboxylic acids is 2. The lowest BCUT2D eigenvalue weighted by atomic mass is 10.1. The van der Waals surface area contributed by atoms with Gasteiger partial charge in [0.1, 0.15) is 0 Å². The molecule has 2 amide bonds. The Bertz CT molecular complexity index is 1330. The van der Waals surface area contributed by atoms with E-state index in [4.69, 9.17) is 23.2 Å². The smallest absolute Gasteiger partial charge is 0.255 e. The molecule has 0 aromatic heterocycles. The van der Waals surface area contributed by atoms with E-state index in [9.17, 15) is 9.59 Å². The summed E-state index contributed by atoms with van der Waals surface area (Å²) in [5.41, 5.74) is 1.76. The normalized spacial score (nSPS) is 11.7. The Morgan fingerprint density at radius 1 is 0.818 bits per heavy atom. The molecule has 0 aliphatic heterocycles. The summed E-state index contributed by atoms with van der Waals surface area (Å²) in [5.74, 6) is -0.356. The second-order valence-corrected chi connectivity index (χ2v) is 9.59. The lowest BCUT2D eigenvalue weighted by Gasteiger charge is -2.14. The SMILES string of the molecule is CC(Sc1ccc(NC(=O)c2ccc3ccccc3c2)cc1)C(=O)Nc1cccc(Cl)c1Cl. The summed E-state index contributed by atoms with van der Waals surface area (Å²) >= 11 is 13.6. The Kier molecular flexibility index (Phi) is 7.23. The van der Waals surface area contributed by atoms with Gasteiger partial charge in [0, 0.05) is 16.1 Å². The fraction of sp³-hybridized carbons (Fsp3) is 0.0769. The Labute approximate surface area is 206 Å². The van der Waals surface area contributed by atoms with Crippen LogP contribution in [-0.4, -0.2) is 17.1 Å². The first-order valence-electron chi connectivity index (χ1n) is 10.2. The van der Waals surface area contributed by atoms with Crippen molar-refractivity contribution in [3.05, 3.63) is 101 Å². The maximum atomic E-state index is 12.6. The highest BCUT2D eigenvalue weighted by Gasteiger charge is 2.17. The average molecular weight is 495 g/mol. The van der Waals surface area contributed by atoms with Crippen molar-refractivity contribution in [1.29, 1.82) is 0 Å². The maximum absolute atomic E-state index is 12.6. The van der Waals surface area contributed by atoms with Crippen molar-refractivity contribution >= 4 is 68.9 Å². The van der Waals surface area contributed by atoms with Crippen LogP contribution < -0.4 is 10.6 Å². The average Bonchev–Trinajstić information content (AvgIpc) is 2.82. The van der Waals surface area contributed by atoms with Crippen LogP contribution in [0.3, 0.4) is 0 Å². The Hall–Kier alpha value is -2.99. The number of halogens is 2. The van der Waals surface area contributed by atoms with Crippen LogP contribution in [0, 0.1) is 0 Å². The molecule has 7 heteroatoms. The van der Waals surface area contributed by atoms with Crippen LogP contribution in [-0.2, 0) is 4.79 Å². The van der Waals surface area contributed by atoms with Gasteiger partial charge < -0.3 is 10.6 Å². The van der Waals surface area contributed by atoms with E-state index in [1.807, 2.05) is 73.7 Å². The minimum atomic E-state index is -0.363. The second kappa shape index (κ2) is 10.3. The van der Waals surface area contributed by atoms with Gasteiger partial charge in [-0.15, -0.1) is 11.8 Å². The molecule has 4 aromatic rings. The molecule has 2 N–H and O–H groups in total. The number of benzene rings is 4. The Balaban J connectivity index is 1.36. The van der Waals surface area contributed by atoms with E-state index in [1.165, 1.54) is 11.8 Å². The summed E-state index contributed by atoms with van der Waals surface area (Å²) in [6.07, 6.45) is 0. The van der Waals surface area contributed by atoms with Crippen molar-refractivity contribution in [3.8, 4) is 0 Å². The van der Waals surface area contributed by atoms with Gasteiger partial charge in [0.2, 0.25) is 5.91 Å². The summed E-state index contributed by atoms with van der Waals surface area (Å²) in [5, 5.41) is 8.17. The summed E-state index contributed by atoms with van der Waals surface area (Å²) < 4.78 is 0. The van der Waals surface area contributed by atoms with Gasteiger partial charge in [-0.2, -0.15) is 0 Å². The zero-order valence-electron chi connectivity index (χ0n) is 17.6. The van der Waals surface area contributed by atoms with Crippen LogP contribution in [0.4, 0.5) is 11.4 Å². The van der Waals surface area contributed by atoms with E-state index in [-0.39, 0.29) is 17.1 Å². The number of rotatable bonds is 6. The monoisotopic (exact) mass is 494 g/mol. The highest BCUT2D eigenvalue weighted by molar-refractivity contribution is 8.00.